The highest BCUT2D eigenvalue weighted by molar-refractivity contribution is 6.07. The molecule has 1 aromatic carbocycles. The molecule has 0 unspecified atom stereocenters. The minimum Gasteiger partial charge on any atom is -0.465 e. The molecule has 0 aliphatic heterocycles. The van der Waals surface area contributed by atoms with E-state index < -0.39 is 5.97 Å². The maximum absolute atomic E-state index is 12.9. The van der Waals surface area contributed by atoms with Gasteiger partial charge in [0.25, 0.3) is 5.56 Å². The summed E-state index contributed by atoms with van der Waals surface area (Å²) in [7, 11) is 3.15. The number of para-hydroxylation sites is 1. The molecule has 0 atom stereocenters. The summed E-state index contributed by atoms with van der Waals surface area (Å²) < 4.78 is 7.73. The Morgan fingerprint density at radius 3 is 2.60 bits per heavy atom. The third kappa shape index (κ3) is 2.20. The van der Waals surface area contributed by atoms with Crippen molar-refractivity contribution >= 4 is 27.8 Å². The molecule has 0 spiro atoms. The van der Waals surface area contributed by atoms with E-state index in [1.165, 1.54) is 18.0 Å². The van der Waals surface area contributed by atoms with Gasteiger partial charge in [0.1, 0.15) is 5.52 Å². The average molecular weight is 334 g/mol. The Balaban J connectivity index is 1.93. The second-order valence-electron chi connectivity index (χ2n) is 5.60. The van der Waals surface area contributed by atoms with E-state index in [-0.39, 0.29) is 5.56 Å². The van der Waals surface area contributed by atoms with Crippen LogP contribution >= 0.6 is 0 Å². The van der Waals surface area contributed by atoms with Crippen molar-refractivity contribution < 1.29 is 9.53 Å². The van der Waals surface area contributed by atoms with Gasteiger partial charge in [-0.1, -0.05) is 18.2 Å². The fraction of sp³-hybridized carbons (Fsp3) is 0.111. The molecule has 124 valence electrons. The van der Waals surface area contributed by atoms with Gasteiger partial charge < -0.3 is 9.30 Å². The molecule has 0 aliphatic rings. The lowest BCUT2D eigenvalue weighted by molar-refractivity contribution is 0.0600. The standard InChI is InChI=1S/C18H14N4O3/c1-21-14-6-4-3-5-12(14)13-10-20-22(17(23)16(13)21)15-8-7-11(9-19-15)18(24)25-2/h3-10H,1-2H3. The summed E-state index contributed by atoms with van der Waals surface area (Å²) in [6.45, 7) is 0. The predicted molar refractivity (Wildman–Crippen MR) is 93.0 cm³/mol. The monoisotopic (exact) mass is 334 g/mol. The van der Waals surface area contributed by atoms with Gasteiger partial charge >= 0.3 is 5.97 Å². The molecular formula is C18H14N4O3. The van der Waals surface area contributed by atoms with Crippen molar-refractivity contribution in [3.8, 4) is 5.82 Å². The number of benzene rings is 1. The lowest BCUT2D eigenvalue weighted by Gasteiger charge is -2.05. The van der Waals surface area contributed by atoms with Crippen LogP contribution in [-0.2, 0) is 11.8 Å². The van der Waals surface area contributed by atoms with Crippen molar-refractivity contribution in [3.63, 3.8) is 0 Å². The maximum Gasteiger partial charge on any atom is 0.339 e. The lowest BCUT2D eigenvalue weighted by Crippen LogP contribution is -2.23. The number of aryl methyl sites for hydroxylation is 1. The molecule has 0 saturated carbocycles. The fourth-order valence-electron chi connectivity index (χ4n) is 2.99. The largest absolute Gasteiger partial charge is 0.465 e. The van der Waals surface area contributed by atoms with E-state index in [0.29, 0.717) is 16.9 Å². The van der Waals surface area contributed by atoms with Crippen LogP contribution in [0.1, 0.15) is 10.4 Å². The van der Waals surface area contributed by atoms with E-state index in [4.69, 9.17) is 0 Å². The van der Waals surface area contributed by atoms with Gasteiger partial charge in [-0.25, -0.2) is 9.78 Å². The third-order valence-corrected chi connectivity index (χ3v) is 4.23. The van der Waals surface area contributed by atoms with Crippen molar-refractivity contribution in [2.24, 2.45) is 7.05 Å². The summed E-state index contributed by atoms with van der Waals surface area (Å²) in [5, 5.41) is 6.02. The number of pyridine rings is 1. The molecule has 3 heterocycles. The van der Waals surface area contributed by atoms with Gasteiger partial charge in [0, 0.05) is 29.5 Å². The first kappa shape index (κ1) is 15.1. The Kier molecular flexibility index (Phi) is 3.35. The first-order valence-corrected chi connectivity index (χ1v) is 7.62. The van der Waals surface area contributed by atoms with Gasteiger partial charge in [0.2, 0.25) is 0 Å². The van der Waals surface area contributed by atoms with Gasteiger partial charge in [-0.05, 0) is 18.2 Å². The molecule has 7 nitrogen and oxygen atoms in total. The number of methoxy groups -OCH3 is 1. The summed E-state index contributed by atoms with van der Waals surface area (Å²) in [4.78, 5) is 28.6. The summed E-state index contributed by atoms with van der Waals surface area (Å²) in [6, 6.07) is 10.9. The van der Waals surface area contributed by atoms with Crippen LogP contribution in [0.5, 0.6) is 0 Å². The highest BCUT2D eigenvalue weighted by Gasteiger charge is 2.15. The molecule has 7 heteroatoms. The summed E-state index contributed by atoms with van der Waals surface area (Å²) in [5.74, 6) is -0.145. The van der Waals surface area contributed by atoms with E-state index >= 15 is 0 Å². The number of esters is 1. The number of aromatic nitrogens is 4. The SMILES string of the molecule is COC(=O)c1ccc(-n2ncc3c4ccccc4n(C)c3c2=O)nc1. The number of carbonyl (C=O) groups excluding carboxylic acids is 1. The number of hydrogen-bond acceptors (Lipinski definition) is 5. The molecule has 0 fully saturated rings. The van der Waals surface area contributed by atoms with Crippen molar-refractivity contribution in [3.05, 3.63) is 64.7 Å². The number of fused-ring (bicyclic) bond motifs is 3. The predicted octanol–water partition coefficient (Wildman–Crippen LogP) is 2.06. The number of carbonyl (C=O) groups is 1. The molecule has 0 bridgehead atoms. The Morgan fingerprint density at radius 1 is 1.08 bits per heavy atom. The summed E-state index contributed by atoms with van der Waals surface area (Å²) >= 11 is 0. The van der Waals surface area contributed by atoms with E-state index in [1.54, 1.807) is 18.3 Å². The molecule has 0 N–H and O–H groups in total. The number of rotatable bonds is 2. The maximum atomic E-state index is 12.9. The lowest BCUT2D eigenvalue weighted by atomic mass is 10.2. The first-order valence-electron chi connectivity index (χ1n) is 7.62. The average Bonchev–Trinajstić information content (AvgIpc) is 2.95. The molecule has 25 heavy (non-hydrogen) atoms. The van der Waals surface area contributed by atoms with E-state index in [1.807, 2.05) is 35.9 Å². The van der Waals surface area contributed by atoms with E-state index in [9.17, 15) is 9.59 Å². The molecule has 0 amide bonds. The molecule has 3 aromatic heterocycles. The Labute approximate surface area is 142 Å². The van der Waals surface area contributed by atoms with Crippen LogP contribution in [0.15, 0.2) is 53.6 Å². The van der Waals surface area contributed by atoms with Crippen LogP contribution in [0.3, 0.4) is 0 Å². The smallest absolute Gasteiger partial charge is 0.339 e. The van der Waals surface area contributed by atoms with Gasteiger partial charge in [0.05, 0.1) is 18.9 Å². The first-order chi connectivity index (χ1) is 12.1. The van der Waals surface area contributed by atoms with Crippen molar-refractivity contribution in [2.45, 2.75) is 0 Å². The van der Waals surface area contributed by atoms with Crippen molar-refractivity contribution in [2.75, 3.05) is 7.11 Å². The molecule has 0 saturated heterocycles. The zero-order valence-corrected chi connectivity index (χ0v) is 13.6. The van der Waals surface area contributed by atoms with Crippen molar-refractivity contribution in [1.82, 2.24) is 19.3 Å². The zero-order valence-electron chi connectivity index (χ0n) is 13.6. The molecule has 0 radical (unpaired) electrons. The highest BCUT2D eigenvalue weighted by atomic mass is 16.5. The van der Waals surface area contributed by atoms with Crippen LogP contribution in [-0.4, -0.2) is 32.4 Å². The molecule has 4 rings (SSSR count). The van der Waals surface area contributed by atoms with Gasteiger partial charge in [-0.15, -0.1) is 0 Å². The normalized spacial score (nSPS) is 11.1. The molecular weight excluding hydrogens is 320 g/mol. The van der Waals surface area contributed by atoms with Gasteiger partial charge in [-0.2, -0.15) is 9.78 Å². The van der Waals surface area contributed by atoms with Crippen LogP contribution in [0.25, 0.3) is 27.6 Å². The second kappa shape index (κ2) is 5.55. The number of hydrogen-bond donors (Lipinski definition) is 0. The van der Waals surface area contributed by atoms with Crippen LogP contribution in [0.2, 0.25) is 0 Å². The van der Waals surface area contributed by atoms with E-state index in [0.717, 1.165) is 16.3 Å². The Morgan fingerprint density at radius 2 is 1.88 bits per heavy atom. The van der Waals surface area contributed by atoms with Crippen LogP contribution < -0.4 is 5.56 Å². The van der Waals surface area contributed by atoms with Crippen LogP contribution in [0, 0.1) is 0 Å². The van der Waals surface area contributed by atoms with Gasteiger partial charge in [-0.3, -0.25) is 4.79 Å². The Hall–Kier alpha value is -3.48. The molecule has 4 aromatic rings. The summed E-state index contributed by atoms with van der Waals surface area (Å²) in [6.07, 6.45) is 3.02. The topological polar surface area (TPSA) is 79.0 Å². The third-order valence-electron chi connectivity index (χ3n) is 4.23. The number of nitrogens with zero attached hydrogens (tertiary/aromatic N) is 4. The quantitative estimate of drug-likeness (QED) is 0.524. The second-order valence-corrected chi connectivity index (χ2v) is 5.60. The summed E-state index contributed by atoms with van der Waals surface area (Å²) in [5.41, 5.74) is 1.55. The van der Waals surface area contributed by atoms with E-state index in [2.05, 4.69) is 14.8 Å². The highest BCUT2D eigenvalue weighted by Crippen LogP contribution is 2.25. The fourth-order valence-corrected chi connectivity index (χ4v) is 2.99. The van der Waals surface area contributed by atoms with Crippen LogP contribution in [0.4, 0.5) is 0 Å². The minimum absolute atomic E-state index is 0.269. The Bertz CT molecular complexity index is 1170. The minimum atomic E-state index is -0.483. The van der Waals surface area contributed by atoms with Gasteiger partial charge in [0.15, 0.2) is 5.82 Å². The zero-order chi connectivity index (χ0) is 17.6. The molecule has 0 aliphatic carbocycles. The van der Waals surface area contributed by atoms with Crippen molar-refractivity contribution in [1.29, 1.82) is 0 Å². The number of ether oxygens (including phenoxy) is 1.